The van der Waals surface area contributed by atoms with E-state index in [1.807, 2.05) is 12.1 Å². The topological polar surface area (TPSA) is 41.3 Å². The van der Waals surface area contributed by atoms with Crippen molar-refractivity contribution in [1.82, 2.24) is 10.2 Å². The summed E-state index contributed by atoms with van der Waals surface area (Å²) >= 11 is 5.96. The molecule has 3 nitrogen and oxygen atoms in total. The molecule has 1 heterocycles. The highest BCUT2D eigenvalue weighted by atomic mass is 35.5. The Kier molecular flexibility index (Phi) is 8.41. The van der Waals surface area contributed by atoms with Gasteiger partial charge < -0.3 is 16.0 Å². The lowest BCUT2D eigenvalue weighted by Gasteiger charge is -2.15. The quantitative estimate of drug-likeness (QED) is 0.719. The maximum absolute atomic E-state index is 5.96. The van der Waals surface area contributed by atoms with E-state index in [9.17, 15) is 0 Å². The summed E-state index contributed by atoms with van der Waals surface area (Å²) in [6.07, 6.45) is 2.39. The number of nitrogens with two attached hydrogens (primary N) is 1. The first-order chi connectivity index (χ1) is 12.2. The van der Waals surface area contributed by atoms with E-state index in [1.165, 1.54) is 23.1 Å². The zero-order valence-corrected chi connectivity index (χ0v) is 17.7. The van der Waals surface area contributed by atoms with E-state index in [1.54, 1.807) is 0 Å². The Hall–Kier alpha value is -0.810. The number of nitrogens with zero attached hydrogens (tertiary/aromatic N) is 1. The third-order valence-corrected chi connectivity index (χ3v) is 5.70. The summed E-state index contributed by atoms with van der Waals surface area (Å²) < 4.78 is 0. The lowest BCUT2D eigenvalue weighted by atomic mass is 10.0. The van der Waals surface area contributed by atoms with Gasteiger partial charge in [-0.25, -0.2) is 0 Å². The van der Waals surface area contributed by atoms with Gasteiger partial charge in [0.1, 0.15) is 0 Å². The zero-order chi connectivity index (χ0) is 17.2. The summed E-state index contributed by atoms with van der Waals surface area (Å²) in [5.74, 6) is 0.667. The van der Waals surface area contributed by atoms with Gasteiger partial charge in [-0.3, -0.25) is 0 Å². The van der Waals surface area contributed by atoms with Crippen LogP contribution >= 0.6 is 36.4 Å². The summed E-state index contributed by atoms with van der Waals surface area (Å²) in [4.78, 5) is 2.47. The standard InChI is InChI=1S/C21H26ClN3.2ClH/c22-18-7-5-16(6-8-18)15-1-3-17(4-2-15)20-13-21(20)24-10-12-25-11-9-19(23)14-25;;/h1-8,19-21,24H,9-14,23H2;2*1H/t19-,20+,21-;;/m1../s1. The summed E-state index contributed by atoms with van der Waals surface area (Å²) in [7, 11) is 0. The van der Waals surface area contributed by atoms with E-state index < -0.39 is 0 Å². The van der Waals surface area contributed by atoms with Crippen LogP contribution in [0.3, 0.4) is 0 Å². The van der Waals surface area contributed by atoms with Crippen molar-refractivity contribution in [3.63, 3.8) is 0 Å². The highest BCUT2D eigenvalue weighted by Gasteiger charge is 2.37. The van der Waals surface area contributed by atoms with E-state index in [0.717, 1.165) is 37.6 Å². The molecule has 148 valence electrons. The lowest BCUT2D eigenvalue weighted by Crippen LogP contribution is -2.33. The average molecular weight is 429 g/mol. The highest BCUT2D eigenvalue weighted by Crippen LogP contribution is 2.41. The Morgan fingerprint density at radius 1 is 1.00 bits per heavy atom. The molecule has 2 fully saturated rings. The van der Waals surface area contributed by atoms with Crippen molar-refractivity contribution in [3.05, 3.63) is 59.1 Å². The predicted molar refractivity (Wildman–Crippen MR) is 120 cm³/mol. The summed E-state index contributed by atoms with van der Waals surface area (Å²) in [5.41, 5.74) is 9.86. The fourth-order valence-electron chi connectivity index (χ4n) is 3.83. The molecule has 3 N–H and O–H groups in total. The van der Waals surface area contributed by atoms with Crippen LogP contribution in [-0.4, -0.2) is 43.2 Å². The molecule has 1 aliphatic heterocycles. The summed E-state index contributed by atoms with van der Waals surface area (Å²) in [6, 6.07) is 18.0. The van der Waals surface area contributed by atoms with Crippen LogP contribution in [0.25, 0.3) is 11.1 Å². The Morgan fingerprint density at radius 2 is 1.63 bits per heavy atom. The van der Waals surface area contributed by atoms with Gasteiger partial charge in [0.15, 0.2) is 0 Å². The van der Waals surface area contributed by atoms with Crippen molar-refractivity contribution in [2.75, 3.05) is 26.2 Å². The molecule has 2 aromatic rings. The molecule has 3 atom stereocenters. The number of benzene rings is 2. The van der Waals surface area contributed by atoms with Crippen LogP contribution in [0.5, 0.6) is 0 Å². The van der Waals surface area contributed by atoms with E-state index in [0.29, 0.717) is 18.0 Å². The minimum absolute atomic E-state index is 0. The highest BCUT2D eigenvalue weighted by molar-refractivity contribution is 6.30. The van der Waals surface area contributed by atoms with Crippen molar-refractivity contribution in [2.45, 2.75) is 30.8 Å². The molecular weight excluding hydrogens is 401 g/mol. The Bertz CT molecular complexity index is 706. The number of halogens is 3. The fourth-order valence-corrected chi connectivity index (χ4v) is 3.95. The van der Waals surface area contributed by atoms with E-state index in [-0.39, 0.29) is 24.8 Å². The molecule has 2 aliphatic rings. The molecule has 0 amide bonds. The number of likely N-dealkylation sites (tertiary alicyclic amines) is 1. The first-order valence-corrected chi connectivity index (χ1v) is 9.64. The van der Waals surface area contributed by atoms with Crippen LogP contribution in [0.1, 0.15) is 24.3 Å². The maximum Gasteiger partial charge on any atom is 0.0406 e. The predicted octanol–water partition coefficient (Wildman–Crippen LogP) is 4.33. The van der Waals surface area contributed by atoms with Crippen LogP contribution in [0.4, 0.5) is 0 Å². The molecule has 0 bridgehead atoms. The van der Waals surface area contributed by atoms with Gasteiger partial charge in [0.25, 0.3) is 0 Å². The van der Waals surface area contributed by atoms with Crippen LogP contribution in [0.15, 0.2) is 48.5 Å². The molecule has 1 saturated heterocycles. The molecule has 0 radical (unpaired) electrons. The van der Waals surface area contributed by atoms with Crippen LogP contribution in [0.2, 0.25) is 5.02 Å². The van der Waals surface area contributed by atoms with Crippen LogP contribution in [-0.2, 0) is 0 Å². The van der Waals surface area contributed by atoms with Gasteiger partial charge in [0, 0.05) is 42.7 Å². The molecule has 1 aliphatic carbocycles. The SMILES string of the molecule is Cl.Cl.N[C@@H]1CCN(CCN[C@@H]2C[C@H]2c2ccc(-c3ccc(Cl)cc3)cc2)C1. The average Bonchev–Trinajstić information content (AvgIpc) is 3.28. The zero-order valence-electron chi connectivity index (χ0n) is 15.3. The molecule has 4 rings (SSSR count). The first kappa shape index (κ1) is 22.5. The Labute approximate surface area is 179 Å². The van der Waals surface area contributed by atoms with Crippen molar-refractivity contribution in [2.24, 2.45) is 5.73 Å². The van der Waals surface area contributed by atoms with E-state index >= 15 is 0 Å². The molecule has 0 spiro atoms. The van der Waals surface area contributed by atoms with Gasteiger partial charge >= 0.3 is 0 Å². The number of nitrogens with one attached hydrogen (secondary N) is 1. The van der Waals surface area contributed by atoms with Gasteiger partial charge in [0.05, 0.1) is 0 Å². The summed E-state index contributed by atoms with van der Waals surface area (Å²) in [6.45, 7) is 4.40. The van der Waals surface area contributed by atoms with Crippen molar-refractivity contribution in [3.8, 4) is 11.1 Å². The normalized spacial score (nSPS) is 24.1. The van der Waals surface area contributed by atoms with Crippen molar-refractivity contribution < 1.29 is 0 Å². The lowest BCUT2D eigenvalue weighted by molar-refractivity contribution is 0.331. The first-order valence-electron chi connectivity index (χ1n) is 9.26. The Morgan fingerprint density at radius 3 is 2.22 bits per heavy atom. The van der Waals surface area contributed by atoms with E-state index in [2.05, 4.69) is 46.6 Å². The van der Waals surface area contributed by atoms with Gasteiger partial charge in [-0.05, 0) is 48.2 Å². The van der Waals surface area contributed by atoms with Gasteiger partial charge in [-0.1, -0.05) is 48.0 Å². The van der Waals surface area contributed by atoms with E-state index in [4.69, 9.17) is 17.3 Å². The van der Waals surface area contributed by atoms with Gasteiger partial charge in [-0.2, -0.15) is 0 Å². The third-order valence-electron chi connectivity index (χ3n) is 5.45. The maximum atomic E-state index is 5.96. The second kappa shape index (κ2) is 10.1. The molecule has 1 saturated carbocycles. The molecule has 2 aromatic carbocycles. The molecular formula is C21H28Cl3N3. The minimum Gasteiger partial charge on any atom is -0.326 e. The van der Waals surface area contributed by atoms with Crippen LogP contribution in [0, 0.1) is 0 Å². The third kappa shape index (κ3) is 5.83. The second-order valence-corrected chi connectivity index (χ2v) is 7.82. The molecule has 27 heavy (non-hydrogen) atoms. The fraction of sp³-hybridized carbons (Fsp3) is 0.429. The molecule has 6 heteroatoms. The van der Waals surface area contributed by atoms with Gasteiger partial charge in [0.2, 0.25) is 0 Å². The Balaban J connectivity index is 0.00000131. The number of hydrogen-bond donors (Lipinski definition) is 2. The second-order valence-electron chi connectivity index (χ2n) is 7.38. The van der Waals surface area contributed by atoms with Crippen molar-refractivity contribution in [1.29, 1.82) is 0 Å². The van der Waals surface area contributed by atoms with Gasteiger partial charge in [-0.15, -0.1) is 24.8 Å². The molecule has 0 unspecified atom stereocenters. The van der Waals surface area contributed by atoms with Crippen molar-refractivity contribution >= 4 is 36.4 Å². The monoisotopic (exact) mass is 427 g/mol. The summed E-state index contributed by atoms with van der Waals surface area (Å²) in [5, 5.41) is 4.48. The molecule has 0 aromatic heterocycles. The smallest absolute Gasteiger partial charge is 0.0406 e. The number of rotatable bonds is 6. The minimum atomic E-state index is 0. The van der Waals surface area contributed by atoms with Crippen LogP contribution < -0.4 is 11.1 Å². The largest absolute Gasteiger partial charge is 0.326 e. The number of hydrogen-bond acceptors (Lipinski definition) is 3.